The van der Waals surface area contributed by atoms with Crippen LogP contribution in [0.4, 0.5) is 0 Å². The standard InChI is InChI=1S/C12H26N2/c1-5-10-8-13-9-12(10)14(4)11(6-2)7-3/h10-13H,5-9H2,1-4H3. The zero-order chi connectivity index (χ0) is 10.6. The minimum atomic E-state index is 0.768. The summed E-state index contributed by atoms with van der Waals surface area (Å²) in [5, 5.41) is 3.52. The number of rotatable bonds is 5. The molecule has 0 bridgehead atoms. The van der Waals surface area contributed by atoms with E-state index < -0.39 is 0 Å². The maximum Gasteiger partial charge on any atom is 0.0260 e. The van der Waals surface area contributed by atoms with Crippen molar-refractivity contribution in [2.45, 2.75) is 52.1 Å². The van der Waals surface area contributed by atoms with Crippen LogP contribution in [-0.4, -0.2) is 37.1 Å². The number of hydrogen-bond acceptors (Lipinski definition) is 2. The lowest BCUT2D eigenvalue weighted by molar-refractivity contribution is 0.141. The first-order valence-electron chi connectivity index (χ1n) is 6.17. The van der Waals surface area contributed by atoms with Crippen molar-refractivity contribution in [3.05, 3.63) is 0 Å². The summed E-state index contributed by atoms with van der Waals surface area (Å²) in [6, 6.07) is 1.54. The molecule has 0 spiro atoms. The predicted octanol–water partition coefficient (Wildman–Crippen LogP) is 2.10. The lowest BCUT2D eigenvalue weighted by Gasteiger charge is -2.34. The molecule has 0 aliphatic carbocycles. The molecule has 2 unspecified atom stereocenters. The van der Waals surface area contributed by atoms with Crippen LogP contribution in [0.3, 0.4) is 0 Å². The first kappa shape index (κ1) is 12.0. The van der Waals surface area contributed by atoms with Gasteiger partial charge in [-0.15, -0.1) is 0 Å². The highest BCUT2D eigenvalue weighted by molar-refractivity contribution is 4.88. The summed E-state index contributed by atoms with van der Waals surface area (Å²) in [5.41, 5.74) is 0. The van der Waals surface area contributed by atoms with E-state index in [9.17, 15) is 0 Å². The smallest absolute Gasteiger partial charge is 0.0260 e. The third-order valence-corrected chi connectivity index (χ3v) is 3.87. The van der Waals surface area contributed by atoms with Crippen molar-refractivity contribution in [1.82, 2.24) is 10.2 Å². The second-order valence-electron chi connectivity index (χ2n) is 4.53. The minimum Gasteiger partial charge on any atom is -0.315 e. The molecule has 2 nitrogen and oxygen atoms in total. The highest BCUT2D eigenvalue weighted by Crippen LogP contribution is 2.21. The van der Waals surface area contributed by atoms with Gasteiger partial charge < -0.3 is 5.32 Å². The predicted molar refractivity (Wildman–Crippen MR) is 62.6 cm³/mol. The van der Waals surface area contributed by atoms with E-state index in [-0.39, 0.29) is 0 Å². The van der Waals surface area contributed by atoms with Crippen molar-refractivity contribution in [3.8, 4) is 0 Å². The molecule has 1 heterocycles. The average Bonchev–Trinajstić information content (AvgIpc) is 2.67. The van der Waals surface area contributed by atoms with Crippen LogP contribution in [0.5, 0.6) is 0 Å². The molecule has 0 radical (unpaired) electrons. The molecule has 1 saturated heterocycles. The quantitative estimate of drug-likeness (QED) is 0.728. The molecule has 0 aromatic rings. The van der Waals surface area contributed by atoms with E-state index in [1.165, 1.54) is 32.4 Å². The van der Waals surface area contributed by atoms with Gasteiger partial charge in [0.2, 0.25) is 0 Å². The molecule has 1 aliphatic heterocycles. The zero-order valence-electron chi connectivity index (χ0n) is 10.2. The Morgan fingerprint density at radius 2 is 1.86 bits per heavy atom. The van der Waals surface area contributed by atoms with E-state index in [1.54, 1.807) is 0 Å². The van der Waals surface area contributed by atoms with E-state index in [2.05, 4.69) is 38.0 Å². The summed E-state index contributed by atoms with van der Waals surface area (Å²) < 4.78 is 0. The van der Waals surface area contributed by atoms with Gasteiger partial charge in [-0.25, -0.2) is 0 Å². The first-order valence-corrected chi connectivity index (χ1v) is 6.17. The van der Waals surface area contributed by atoms with Crippen LogP contribution in [0.2, 0.25) is 0 Å². The Hall–Kier alpha value is -0.0800. The molecule has 14 heavy (non-hydrogen) atoms. The van der Waals surface area contributed by atoms with E-state index in [4.69, 9.17) is 0 Å². The molecule has 84 valence electrons. The highest BCUT2D eigenvalue weighted by atomic mass is 15.2. The van der Waals surface area contributed by atoms with Gasteiger partial charge >= 0.3 is 0 Å². The van der Waals surface area contributed by atoms with Crippen molar-refractivity contribution >= 4 is 0 Å². The summed E-state index contributed by atoms with van der Waals surface area (Å²) in [6.07, 6.45) is 3.86. The Bertz CT molecular complexity index is 154. The maximum atomic E-state index is 3.52. The van der Waals surface area contributed by atoms with Crippen LogP contribution >= 0.6 is 0 Å². The second kappa shape index (κ2) is 5.72. The number of likely N-dealkylation sites (N-methyl/N-ethyl adjacent to an activating group) is 1. The summed E-state index contributed by atoms with van der Waals surface area (Å²) in [6.45, 7) is 9.31. The molecule has 2 heteroatoms. The van der Waals surface area contributed by atoms with Gasteiger partial charge in [0.25, 0.3) is 0 Å². The topological polar surface area (TPSA) is 15.3 Å². The van der Waals surface area contributed by atoms with E-state index >= 15 is 0 Å². The van der Waals surface area contributed by atoms with Crippen molar-refractivity contribution in [2.75, 3.05) is 20.1 Å². The number of nitrogens with one attached hydrogen (secondary N) is 1. The molecular weight excluding hydrogens is 172 g/mol. The van der Waals surface area contributed by atoms with Gasteiger partial charge in [-0.2, -0.15) is 0 Å². The Balaban J connectivity index is 2.53. The Morgan fingerprint density at radius 3 is 2.36 bits per heavy atom. The largest absolute Gasteiger partial charge is 0.315 e. The van der Waals surface area contributed by atoms with Gasteiger partial charge in [0.15, 0.2) is 0 Å². The lowest BCUT2D eigenvalue weighted by Crippen LogP contribution is -2.44. The fourth-order valence-corrected chi connectivity index (χ4v) is 2.75. The van der Waals surface area contributed by atoms with Crippen molar-refractivity contribution in [2.24, 2.45) is 5.92 Å². The third-order valence-electron chi connectivity index (χ3n) is 3.87. The molecule has 0 aromatic heterocycles. The second-order valence-corrected chi connectivity index (χ2v) is 4.53. The molecular formula is C12H26N2. The molecule has 1 fully saturated rings. The van der Waals surface area contributed by atoms with Gasteiger partial charge in [0, 0.05) is 18.6 Å². The summed E-state index contributed by atoms with van der Waals surface area (Å²) >= 11 is 0. The van der Waals surface area contributed by atoms with Crippen LogP contribution in [-0.2, 0) is 0 Å². The first-order chi connectivity index (χ1) is 6.74. The Labute approximate surface area is 89.1 Å². The third kappa shape index (κ3) is 2.48. The molecule has 0 saturated carbocycles. The molecule has 1 rings (SSSR count). The van der Waals surface area contributed by atoms with Crippen LogP contribution in [0.15, 0.2) is 0 Å². The summed E-state index contributed by atoms with van der Waals surface area (Å²) in [5.74, 6) is 0.862. The number of hydrogen-bond donors (Lipinski definition) is 1. The normalized spacial score (nSPS) is 27.9. The molecule has 1 N–H and O–H groups in total. The van der Waals surface area contributed by atoms with E-state index in [1.807, 2.05) is 0 Å². The SMILES string of the molecule is CCC1CNCC1N(C)C(CC)CC. The van der Waals surface area contributed by atoms with Crippen molar-refractivity contribution in [3.63, 3.8) is 0 Å². The highest BCUT2D eigenvalue weighted by Gasteiger charge is 2.30. The Morgan fingerprint density at radius 1 is 1.21 bits per heavy atom. The van der Waals surface area contributed by atoms with E-state index in [0.29, 0.717) is 0 Å². The molecule has 0 amide bonds. The summed E-state index contributed by atoms with van der Waals surface area (Å²) in [4.78, 5) is 2.61. The molecule has 1 aliphatic rings. The van der Waals surface area contributed by atoms with Crippen LogP contribution in [0, 0.1) is 5.92 Å². The van der Waals surface area contributed by atoms with Crippen molar-refractivity contribution in [1.29, 1.82) is 0 Å². The van der Waals surface area contributed by atoms with Crippen molar-refractivity contribution < 1.29 is 0 Å². The van der Waals surface area contributed by atoms with E-state index in [0.717, 1.165) is 18.0 Å². The molecule has 2 atom stereocenters. The van der Waals surface area contributed by atoms with Gasteiger partial charge in [0.1, 0.15) is 0 Å². The lowest BCUT2D eigenvalue weighted by atomic mass is 9.97. The Kier molecular flexibility index (Phi) is 4.90. The van der Waals surface area contributed by atoms with Gasteiger partial charge in [-0.05, 0) is 32.4 Å². The zero-order valence-corrected chi connectivity index (χ0v) is 10.2. The van der Waals surface area contributed by atoms with Gasteiger partial charge in [-0.3, -0.25) is 4.90 Å². The fraction of sp³-hybridized carbons (Fsp3) is 1.00. The molecule has 0 aromatic carbocycles. The number of nitrogens with zero attached hydrogens (tertiary/aromatic N) is 1. The van der Waals surface area contributed by atoms with Crippen LogP contribution in [0.1, 0.15) is 40.0 Å². The van der Waals surface area contributed by atoms with Crippen LogP contribution < -0.4 is 5.32 Å². The monoisotopic (exact) mass is 198 g/mol. The van der Waals surface area contributed by atoms with Gasteiger partial charge in [0.05, 0.1) is 0 Å². The summed E-state index contributed by atoms with van der Waals surface area (Å²) in [7, 11) is 2.30. The van der Waals surface area contributed by atoms with Crippen LogP contribution in [0.25, 0.3) is 0 Å². The minimum absolute atomic E-state index is 0.768. The van der Waals surface area contributed by atoms with Gasteiger partial charge in [-0.1, -0.05) is 27.2 Å². The average molecular weight is 198 g/mol. The maximum absolute atomic E-state index is 3.52. The fourth-order valence-electron chi connectivity index (χ4n) is 2.75.